The number of halogens is 1. The van der Waals surface area contributed by atoms with E-state index >= 15 is 0 Å². The first kappa shape index (κ1) is 10.3. The highest BCUT2D eigenvalue weighted by atomic mass is 79.9. The first-order valence-corrected chi connectivity index (χ1v) is 5.56. The monoisotopic (exact) mass is 284 g/mol. The largest absolute Gasteiger partial charge is 0.476 e. The van der Waals surface area contributed by atoms with Gasteiger partial charge in [-0.05, 0) is 23.7 Å². The Hall–Kier alpha value is -1.27. The standard InChI is InChI=1S/C9H5BrN2O2S/c10-6-3-1-5(2-4-6)7-11-8(9(13)14)15-12-7/h1-4H,(H,13,14). The number of aromatic nitrogens is 2. The van der Waals surface area contributed by atoms with E-state index in [1.54, 1.807) is 0 Å². The Morgan fingerprint density at radius 2 is 2.00 bits per heavy atom. The Balaban J connectivity index is 2.37. The second-order valence-corrected chi connectivity index (χ2v) is 4.40. The van der Waals surface area contributed by atoms with Crippen LogP contribution in [0.25, 0.3) is 11.4 Å². The van der Waals surface area contributed by atoms with Crippen LogP contribution in [0.4, 0.5) is 0 Å². The van der Waals surface area contributed by atoms with Crippen molar-refractivity contribution in [1.82, 2.24) is 9.36 Å². The second kappa shape index (κ2) is 4.08. The van der Waals surface area contributed by atoms with Gasteiger partial charge in [0.15, 0.2) is 5.82 Å². The molecule has 0 unspecified atom stereocenters. The molecule has 1 aromatic heterocycles. The van der Waals surface area contributed by atoms with E-state index in [1.807, 2.05) is 24.3 Å². The summed E-state index contributed by atoms with van der Waals surface area (Å²) >= 11 is 4.20. The fraction of sp³-hybridized carbons (Fsp3) is 0. The van der Waals surface area contributed by atoms with Gasteiger partial charge in [-0.25, -0.2) is 9.78 Å². The fourth-order valence-electron chi connectivity index (χ4n) is 1.03. The van der Waals surface area contributed by atoms with Crippen LogP contribution in [-0.2, 0) is 0 Å². The lowest BCUT2D eigenvalue weighted by Gasteiger charge is -1.94. The Morgan fingerprint density at radius 3 is 2.53 bits per heavy atom. The van der Waals surface area contributed by atoms with Crippen molar-refractivity contribution in [1.29, 1.82) is 0 Å². The van der Waals surface area contributed by atoms with Crippen molar-refractivity contribution in [2.75, 3.05) is 0 Å². The van der Waals surface area contributed by atoms with Crippen molar-refractivity contribution in [3.63, 3.8) is 0 Å². The van der Waals surface area contributed by atoms with E-state index in [2.05, 4.69) is 25.3 Å². The molecule has 0 radical (unpaired) electrons. The molecule has 2 rings (SSSR count). The summed E-state index contributed by atoms with van der Waals surface area (Å²) in [7, 11) is 0. The minimum absolute atomic E-state index is 0.00733. The van der Waals surface area contributed by atoms with Crippen molar-refractivity contribution in [3.05, 3.63) is 33.7 Å². The van der Waals surface area contributed by atoms with Gasteiger partial charge in [-0.1, -0.05) is 28.1 Å². The van der Waals surface area contributed by atoms with Crippen LogP contribution in [0.3, 0.4) is 0 Å². The quantitative estimate of drug-likeness (QED) is 0.921. The molecule has 0 saturated carbocycles. The zero-order chi connectivity index (χ0) is 10.8. The minimum atomic E-state index is -1.05. The van der Waals surface area contributed by atoms with Crippen LogP contribution in [-0.4, -0.2) is 20.4 Å². The topological polar surface area (TPSA) is 63.1 Å². The lowest BCUT2D eigenvalue weighted by atomic mass is 10.2. The first-order valence-electron chi connectivity index (χ1n) is 4.00. The molecule has 0 saturated heterocycles. The molecule has 1 heterocycles. The van der Waals surface area contributed by atoms with Crippen molar-refractivity contribution in [3.8, 4) is 11.4 Å². The Morgan fingerprint density at radius 1 is 1.33 bits per heavy atom. The summed E-state index contributed by atoms with van der Waals surface area (Å²) in [6.45, 7) is 0. The molecule has 0 fully saturated rings. The van der Waals surface area contributed by atoms with Crippen molar-refractivity contribution in [2.24, 2.45) is 0 Å². The average molecular weight is 285 g/mol. The highest BCUT2D eigenvalue weighted by Crippen LogP contribution is 2.20. The molecule has 0 aliphatic heterocycles. The molecule has 6 heteroatoms. The average Bonchev–Trinajstić information content (AvgIpc) is 2.68. The van der Waals surface area contributed by atoms with Crippen LogP contribution >= 0.6 is 27.5 Å². The number of nitrogens with zero attached hydrogens (tertiary/aromatic N) is 2. The normalized spacial score (nSPS) is 10.2. The maximum Gasteiger partial charge on any atom is 0.366 e. The summed E-state index contributed by atoms with van der Waals surface area (Å²) in [5.41, 5.74) is 0.807. The van der Waals surface area contributed by atoms with E-state index in [0.717, 1.165) is 21.6 Å². The van der Waals surface area contributed by atoms with Gasteiger partial charge < -0.3 is 5.11 Å². The zero-order valence-electron chi connectivity index (χ0n) is 7.35. The molecule has 2 aromatic rings. The van der Waals surface area contributed by atoms with E-state index in [0.29, 0.717) is 5.82 Å². The molecule has 0 amide bonds. The summed E-state index contributed by atoms with van der Waals surface area (Å²) in [6, 6.07) is 7.38. The van der Waals surface area contributed by atoms with E-state index in [1.165, 1.54) is 0 Å². The van der Waals surface area contributed by atoms with Gasteiger partial charge in [0.2, 0.25) is 5.01 Å². The van der Waals surface area contributed by atoms with Gasteiger partial charge in [0.25, 0.3) is 0 Å². The third kappa shape index (κ3) is 2.21. The van der Waals surface area contributed by atoms with Crippen molar-refractivity contribution >= 4 is 33.4 Å². The molecular weight excluding hydrogens is 280 g/mol. The molecule has 1 N–H and O–H groups in total. The SMILES string of the molecule is O=C(O)c1nc(-c2ccc(Br)cc2)ns1. The number of carboxylic acids is 1. The smallest absolute Gasteiger partial charge is 0.366 e. The molecule has 0 aliphatic rings. The van der Waals surface area contributed by atoms with Gasteiger partial charge in [-0.3, -0.25) is 0 Å². The summed E-state index contributed by atoms with van der Waals surface area (Å²) < 4.78 is 4.93. The number of hydrogen-bond acceptors (Lipinski definition) is 4. The second-order valence-electron chi connectivity index (χ2n) is 2.74. The summed E-state index contributed by atoms with van der Waals surface area (Å²) in [5, 5.41) is 8.70. The lowest BCUT2D eigenvalue weighted by Crippen LogP contribution is -1.94. The summed E-state index contributed by atoms with van der Waals surface area (Å²) in [5.74, 6) is -0.597. The minimum Gasteiger partial charge on any atom is -0.476 e. The van der Waals surface area contributed by atoms with Gasteiger partial charge >= 0.3 is 5.97 Å². The van der Waals surface area contributed by atoms with E-state index in [4.69, 9.17) is 5.11 Å². The number of hydrogen-bond donors (Lipinski definition) is 1. The van der Waals surface area contributed by atoms with Gasteiger partial charge in [-0.2, -0.15) is 4.37 Å². The van der Waals surface area contributed by atoms with Gasteiger partial charge in [-0.15, -0.1) is 0 Å². The Bertz CT molecular complexity index is 495. The maximum absolute atomic E-state index is 10.6. The molecule has 0 atom stereocenters. The molecule has 4 nitrogen and oxygen atoms in total. The molecule has 0 aliphatic carbocycles. The number of carbonyl (C=O) groups is 1. The van der Waals surface area contributed by atoms with Crippen LogP contribution in [0.2, 0.25) is 0 Å². The van der Waals surface area contributed by atoms with Crippen LogP contribution in [0, 0.1) is 0 Å². The highest BCUT2D eigenvalue weighted by Gasteiger charge is 2.11. The van der Waals surface area contributed by atoms with Crippen LogP contribution in [0.1, 0.15) is 9.80 Å². The zero-order valence-corrected chi connectivity index (χ0v) is 9.75. The van der Waals surface area contributed by atoms with Gasteiger partial charge in [0.05, 0.1) is 0 Å². The third-order valence-electron chi connectivity index (χ3n) is 1.71. The number of carboxylic acid groups (broad SMARTS) is 1. The van der Waals surface area contributed by atoms with Crippen LogP contribution < -0.4 is 0 Å². The van der Waals surface area contributed by atoms with E-state index < -0.39 is 5.97 Å². The van der Waals surface area contributed by atoms with E-state index in [-0.39, 0.29) is 5.01 Å². The summed E-state index contributed by atoms with van der Waals surface area (Å²) in [6.07, 6.45) is 0. The van der Waals surface area contributed by atoms with Crippen LogP contribution in [0.5, 0.6) is 0 Å². The Kier molecular flexibility index (Phi) is 2.79. The molecule has 15 heavy (non-hydrogen) atoms. The van der Waals surface area contributed by atoms with Crippen molar-refractivity contribution < 1.29 is 9.90 Å². The van der Waals surface area contributed by atoms with Crippen LogP contribution in [0.15, 0.2) is 28.7 Å². The number of benzene rings is 1. The Labute approximate surface area is 97.9 Å². The predicted octanol–water partition coefficient (Wildman–Crippen LogP) is 2.67. The first-order chi connectivity index (χ1) is 7.16. The molecule has 0 bridgehead atoms. The molecule has 1 aromatic carbocycles. The molecule has 76 valence electrons. The highest BCUT2D eigenvalue weighted by molar-refractivity contribution is 9.10. The molecular formula is C9H5BrN2O2S. The van der Waals surface area contributed by atoms with Gasteiger partial charge in [0.1, 0.15) is 0 Å². The number of rotatable bonds is 2. The van der Waals surface area contributed by atoms with Crippen molar-refractivity contribution in [2.45, 2.75) is 0 Å². The fourth-order valence-corrected chi connectivity index (χ4v) is 1.82. The molecule has 0 spiro atoms. The lowest BCUT2D eigenvalue weighted by molar-refractivity contribution is 0.0696. The number of aromatic carboxylic acids is 1. The van der Waals surface area contributed by atoms with E-state index in [9.17, 15) is 4.79 Å². The maximum atomic E-state index is 10.6. The van der Waals surface area contributed by atoms with Gasteiger partial charge in [0, 0.05) is 10.0 Å². The third-order valence-corrected chi connectivity index (χ3v) is 2.94. The summed E-state index contributed by atoms with van der Waals surface area (Å²) in [4.78, 5) is 14.5. The predicted molar refractivity (Wildman–Crippen MR) is 60.0 cm³/mol.